The van der Waals surface area contributed by atoms with E-state index >= 15 is 0 Å². The molecule has 0 aliphatic rings. The smallest absolute Gasteiger partial charge is 0.462 e. The summed E-state index contributed by atoms with van der Waals surface area (Å²) in [5.41, 5.74) is 0. The molecule has 2 unspecified atom stereocenters. The Morgan fingerprint density at radius 1 is 0.293 bits per heavy atom. The summed E-state index contributed by atoms with van der Waals surface area (Å²) in [4.78, 5) is 72.4. The van der Waals surface area contributed by atoms with Crippen LogP contribution in [0.15, 0.2) is 0 Å². The summed E-state index contributed by atoms with van der Waals surface area (Å²) < 4.78 is 68.2. The first-order valence-corrected chi connectivity index (χ1v) is 41.1. The SMILES string of the molecule is CCCCCCCCCCCCCCCCCCCCC(=O)OC[C@H](COP(=O)(O)OC[C@@H](O)COP(=O)(O)OC[C@@H](COC(=O)CCCCCCC)OC(=O)CCCCCCCCCCCCC)OC(=O)CCCCCCCCCCCCCCCCCC(C)C. The zero-order valence-electron chi connectivity index (χ0n) is 59.7. The quantitative estimate of drug-likeness (QED) is 0.0222. The molecule has 0 aliphatic carbocycles. The van der Waals surface area contributed by atoms with Crippen molar-refractivity contribution in [3.63, 3.8) is 0 Å². The monoisotopic (exact) mass is 1350 g/mol. The lowest BCUT2D eigenvalue weighted by atomic mass is 10.0. The highest BCUT2D eigenvalue weighted by Crippen LogP contribution is 2.45. The molecule has 0 rings (SSSR count). The van der Waals surface area contributed by atoms with Crippen molar-refractivity contribution in [3.05, 3.63) is 0 Å². The molecule has 0 saturated heterocycles. The molecule has 5 atom stereocenters. The molecule has 17 nitrogen and oxygen atoms in total. The Hall–Kier alpha value is -1.94. The van der Waals surface area contributed by atoms with Crippen LogP contribution in [0.2, 0.25) is 0 Å². The second-order valence-electron chi connectivity index (χ2n) is 26.8. The summed E-state index contributed by atoms with van der Waals surface area (Å²) in [6.45, 7) is 7.21. The summed E-state index contributed by atoms with van der Waals surface area (Å²) >= 11 is 0. The Kier molecular flexibility index (Phi) is 64.9. The average molecular weight is 1350 g/mol. The molecule has 0 heterocycles. The second kappa shape index (κ2) is 66.3. The predicted molar refractivity (Wildman–Crippen MR) is 372 cm³/mol. The van der Waals surface area contributed by atoms with Crippen molar-refractivity contribution in [3.8, 4) is 0 Å². The lowest BCUT2D eigenvalue weighted by Gasteiger charge is -2.21. The zero-order valence-corrected chi connectivity index (χ0v) is 61.5. The number of carbonyl (C=O) groups is 4. The van der Waals surface area contributed by atoms with E-state index in [2.05, 4.69) is 34.6 Å². The molecule has 3 N–H and O–H groups in total. The van der Waals surface area contributed by atoms with E-state index in [1.165, 1.54) is 199 Å². The van der Waals surface area contributed by atoms with Gasteiger partial charge in [-0.05, 0) is 31.6 Å². The molecular formula is C73H142O17P2. The fourth-order valence-electron chi connectivity index (χ4n) is 11.2. The van der Waals surface area contributed by atoms with Gasteiger partial charge in [0.2, 0.25) is 0 Å². The Balaban J connectivity index is 5.13. The van der Waals surface area contributed by atoms with Crippen LogP contribution in [0.25, 0.3) is 0 Å². The third-order valence-electron chi connectivity index (χ3n) is 17.0. The molecule has 0 aromatic heterocycles. The third-order valence-corrected chi connectivity index (χ3v) is 18.9. The lowest BCUT2D eigenvalue weighted by Crippen LogP contribution is -2.30. The van der Waals surface area contributed by atoms with Gasteiger partial charge in [-0.25, -0.2) is 9.13 Å². The molecule has 0 amide bonds. The molecule has 0 bridgehead atoms. The fourth-order valence-corrected chi connectivity index (χ4v) is 12.8. The topological polar surface area (TPSA) is 237 Å². The van der Waals surface area contributed by atoms with Crippen LogP contribution in [0.5, 0.6) is 0 Å². The number of esters is 4. The van der Waals surface area contributed by atoms with Crippen molar-refractivity contribution in [1.29, 1.82) is 0 Å². The van der Waals surface area contributed by atoms with Crippen LogP contribution in [0, 0.1) is 5.92 Å². The predicted octanol–water partition coefficient (Wildman–Crippen LogP) is 21.3. The van der Waals surface area contributed by atoms with E-state index < -0.39 is 97.5 Å². The lowest BCUT2D eigenvalue weighted by molar-refractivity contribution is -0.161. The highest BCUT2D eigenvalue weighted by atomic mass is 31.2. The average Bonchev–Trinajstić information content (AvgIpc) is 3.71. The number of phosphoric acid groups is 2. The van der Waals surface area contributed by atoms with Gasteiger partial charge >= 0.3 is 39.5 Å². The largest absolute Gasteiger partial charge is 0.472 e. The van der Waals surface area contributed by atoms with Gasteiger partial charge in [-0.1, -0.05) is 330 Å². The van der Waals surface area contributed by atoms with E-state index in [1.54, 1.807) is 0 Å². The molecule has 0 fully saturated rings. The number of aliphatic hydroxyl groups excluding tert-OH is 1. The van der Waals surface area contributed by atoms with Crippen LogP contribution in [0.3, 0.4) is 0 Å². The van der Waals surface area contributed by atoms with Crippen molar-refractivity contribution < 1.29 is 80.2 Å². The van der Waals surface area contributed by atoms with Crippen LogP contribution >= 0.6 is 15.6 Å². The van der Waals surface area contributed by atoms with Crippen molar-refractivity contribution in [2.45, 2.75) is 400 Å². The van der Waals surface area contributed by atoms with E-state index in [0.717, 1.165) is 102 Å². The van der Waals surface area contributed by atoms with Gasteiger partial charge in [0.05, 0.1) is 26.4 Å². The summed E-state index contributed by atoms with van der Waals surface area (Å²) in [5, 5.41) is 10.6. The minimum Gasteiger partial charge on any atom is -0.462 e. The first kappa shape index (κ1) is 90.1. The molecule has 0 saturated carbocycles. The van der Waals surface area contributed by atoms with Crippen LogP contribution in [-0.4, -0.2) is 96.7 Å². The van der Waals surface area contributed by atoms with Crippen molar-refractivity contribution in [2.24, 2.45) is 5.92 Å². The summed E-state index contributed by atoms with van der Waals surface area (Å²) in [7, 11) is -9.89. The molecule has 546 valence electrons. The number of hydrogen-bond acceptors (Lipinski definition) is 15. The number of carbonyl (C=O) groups excluding carboxylic acids is 4. The molecule has 92 heavy (non-hydrogen) atoms. The molecule has 0 aromatic carbocycles. The van der Waals surface area contributed by atoms with Crippen LogP contribution in [0.1, 0.15) is 381 Å². The maximum absolute atomic E-state index is 13.1. The van der Waals surface area contributed by atoms with Gasteiger partial charge in [0.1, 0.15) is 19.3 Å². The summed E-state index contributed by atoms with van der Waals surface area (Å²) in [6, 6.07) is 0. The Bertz CT molecular complexity index is 1770. The maximum atomic E-state index is 13.1. The maximum Gasteiger partial charge on any atom is 0.472 e. The number of hydrogen-bond donors (Lipinski definition) is 3. The van der Waals surface area contributed by atoms with Crippen molar-refractivity contribution in [1.82, 2.24) is 0 Å². The van der Waals surface area contributed by atoms with Gasteiger partial charge in [-0.15, -0.1) is 0 Å². The summed E-state index contributed by atoms with van der Waals surface area (Å²) in [5.74, 6) is -1.33. The van der Waals surface area contributed by atoms with E-state index in [1.807, 2.05) is 0 Å². The Morgan fingerprint density at radius 2 is 0.500 bits per heavy atom. The molecule has 19 heteroatoms. The normalized spacial score (nSPS) is 14.0. The number of phosphoric ester groups is 2. The second-order valence-corrected chi connectivity index (χ2v) is 29.7. The Morgan fingerprint density at radius 3 is 0.739 bits per heavy atom. The zero-order chi connectivity index (χ0) is 67.7. The van der Waals surface area contributed by atoms with E-state index in [-0.39, 0.29) is 25.7 Å². The molecule has 0 aromatic rings. The van der Waals surface area contributed by atoms with Crippen LogP contribution in [0.4, 0.5) is 0 Å². The number of ether oxygens (including phenoxy) is 4. The number of aliphatic hydroxyl groups is 1. The Labute approximate surface area is 562 Å². The highest BCUT2D eigenvalue weighted by molar-refractivity contribution is 7.47. The minimum absolute atomic E-state index is 0.106. The van der Waals surface area contributed by atoms with Gasteiger partial charge in [0.25, 0.3) is 0 Å². The van der Waals surface area contributed by atoms with Gasteiger partial charge < -0.3 is 33.8 Å². The van der Waals surface area contributed by atoms with Crippen molar-refractivity contribution >= 4 is 39.5 Å². The summed E-state index contributed by atoms with van der Waals surface area (Å²) in [6.07, 6.45) is 54.5. The molecule has 0 spiro atoms. The first-order valence-electron chi connectivity index (χ1n) is 38.1. The van der Waals surface area contributed by atoms with Gasteiger partial charge in [-0.2, -0.15) is 0 Å². The standard InChI is InChI=1S/C73H142O17P2/c1-6-9-12-15-17-19-21-22-23-24-25-28-31-35-38-42-47-52-57-71(76)84-63-69(90-73(78)59-54-49-44-40-36-32-29-26-27-30-34-37-41-46-50-55-66(4)5)65-88-92(81,82)86-61-67(74)60-85-91(79,80)87-64-68(62-83-70(75)56-51-45-14-11-8-3)89-72(77)58-53-48-43-39-33-20-18-16-13-10-7-2/h66-69,74H,6-65H2,1-5H3,(H,79,80)(H,81,82)/t67-,68+,69+/m0/s1. The number of rotatable bonds is 73. The molecule has 0 radical (unpaired) electrons. The molecule has 0 aliphatic heterocycles. The van der Waals surface area contributed by atoms with E-state index in [0.29, 0.717) is 25.7 Å². The third kappa shape index (κ3) is 66.7. The van der Waals surface area contributed by atoms with Gasteiger partial charge in [0.15, 0.2) is 12.2 Å². The molecular weight excluding hydrogens is 1210 g/mol. The van der Waals surface area contributed by atoms with E-state index in [9.17, 15) is 43.2 Å². The minimum atomic E-state index is -4.95. The van der Waals surface area contributed by atoms with Gasteiger partial charge in [-0.3, -0.25) is 37.3 Å². The van der Waals surface area contributed by atoms with Crippen molar-refractivity contribution in [2.75, 3.05) is 39.6 Å². The highest BCUT2D eigenvalue weighted by Gasteiger charge is 2.30. The first-order chi connectivity index (χ1) is 44.5. The number of unbranched alkanes of at least 4 members (excludes halogenated alkanes) is 45. The van der Waals surface area contributed by atoms with Crippen LogP contribution in [-0.2, 0) is 65.4 Å². The van der Waals surface area contributed by atoms with Crippen LogP contribution < -0.4 is 0 Å². The van der Waals surface area contributed by atoms with E-state index in [4.69, 9.17) is 37.0 Å². The van der Waals surface area contributed by atoms with Gasteiger partial charge in [0, 0.05) is 25.7 Å². The fraction of sp³-hybridized carbons (Fsp3) is 0.945.